The molecule has 1 aliphatic rings. The molecule has 1 aromatic rings. The molecule has 0 saturated carbocycles. The van der Waals surface area contributed by atoms with Crippen LogP contribution in [-0.4, -0.2) is 18.0 Å². The molecule has 1 heteroatoms. The summed E-state index contributed by atoms with van der Waals surface area (Å²) in [7, 11) is 0. The number of piperidine rings is 1. The number of benzene rings is 1. The summed E-state index contributed by atoms with van der Waals surface area (Å²) in [5.41, 5.74) is 5.41. The smallest absolute Gasteiger partial charge is 0.0183 e. The highest BCUT2D eigenvalue weighted by Gasteiger charge is 2.33. The van der Waals surface area contributed by atoms with E-state index in [1.165, 1.54) is 35.2 Å². The van der Waals surface area contributed by atoms with Crippen molar-refractivity contribution < 1.29 is 0 Å². The minimum absolute atomic E-state index is 0.265. The van der Waals surface area contributed by atoms with Crippen molar-refractivity contribution in [2.24, 2.45) is 0 Å². The first-order valence-electron chi connectivity index (χ1n) is 7.10. The Kier molecular flexibility index (Phi) is 3.84. The number of nitrogens with zero attached hydrogens (tertiary/aromatic N) is 1. The molecule has 0 amide bonds. The molecule has 0 spiro atoms. The summed E-state index contributed by atoms with van der Waals surface area (Å²) in [6.45, 7) is 17.0. The van der Waals surface area contributed by atoms with Crippen LogP contribution in [0.15, 0.2) is 43.1 Å². The molecule has 0 bridgehead atoms. The third-order valence-corrected chi connectivity index (χ3v) is 4.44. The van der Waals surface area contributed by atoms with E-state index in [4.69, 9.17) is 0 Å². The Labute approximate surface area is 117 Å². The summed E-state index contributed by atoms with van der Waals surface area (Å²) in [5, 5.41) is 0. The van der Waals surface area contributed by atoms with Crippen LogP contribution in [0.3, 0.4) is 0 Å². The van der Waals surface area contributed by atoms with Crippen LogP contribution in [0.2, 0.25) is 0 Å². The predicted octanol–water partition coefficient (Wildman–Crippen LogP) is 4.61. The van der Waals surface area contributed by atoms with Crippen molar-refractivity contribution in [1.29, 1.82) is 0 Å². The van der Waals surface area contributed by atoms with Gasteiger partial charge in [-0.05, 0) is 43.2 Å². The third-order valence-electron chi connectivity index (χ3n) is 4.44. The Morgan fingerprint density at radius 3 is 2.21 bits per heavy atom. The van der Waals surface area contributed by atoms with E-state index >= 15 is 0 Å². The second kappa shape index (κ2) is 5.24. The largest absolute Gasteiger partial charge is 0.375 e. The summed E-state index contributed by atoms with van der Waals surface area (Å²) in [6.07, 6.45) is 2.37. The molecule has 1 aliphatic heterocycles. The Morgan fingerprint density at radius 2 is 1.68 bits per heavy atom. The van der Waals surface area contributed by atoms with Crippen molar-refractivity contribution in [3.8, 4) is 0 Å². The molecule has 0 aromatic heterocycles. The van der Waals surface area contributed by atoms with Gasteiger partial charge in [0.25, 0.3) is 0 Å². The van der Waals surface area contributed by atoms with Gasteiger partial charge in [0.15, 0.2) is 0 Å². The SMILES string of the molecule is C=C(C)c1ccccc1C1(C)CCN(C(=C)C)CC1. The Morgan fingerprint density at radius 1 is 1.11 bits per heavy atom. The minimum Gasteiger partial charge on any atom is -0.375 e. The fraction of sp³-hybridized carbons (Fsp3) is 0.444. The highest BCUT2D eigenvalue weighted by atomic mass is 15.1. The van der Waals surface area contributed by atoms with Crippen LogP contribution < -0.4 is 0 Å². The highest BCUT2D eigenvalue weighted by Crippen LogP contribution is 2.39. The van der Waals surface area contributed by atoms with Gasteiger partial charge in [0.2, 0.25) is 0 Å². The van der Waals surface area contributed by atoms with Crippen molar-refractivity contribution in [2.45, 2.75) is 39.0 Å². The first kappa shape index (κ1) is 13.9. The zero-order valence-electron chi connectivity index (χ0n) is 12.5. The zero-order valence-corrected chi connectivity index (χ0v) is 12.5. The monoisotopic (exact) mass is 255 g/mol. The van der Waals surface area contributed by atoms with Gasteiger partial charge in [-0.15, -0.1) is 0 Å². The van der Waals surface area contributed by atoms with E-state index in [0.29, 0.717) is 0 Å². The van der Waals surface area contributed by atoms with Crippen LogP contribution in [0.1, 0.15) is 44.7 Å². The topological polar surface area (TPSA) is 3.24 Å². The second-order valence-corrected chi connectivity index (χ2v) is 6.11. The highest BCUT2D eigenvalue weighted by molar-refractivity contribution is 5.65. The Hall–Kier alpha value is -1.50. The quantitative estimate of drug-likeness (QED) is 0.762. The van der Waals surface area contributed by atoms with Gasteiger partial charge in [0.1, 0.15) is 0 Å². The van der Waals surface area contributed by atoms with Gasteiger partial charge in [-0.3, -0.25) is 0 Å². The van der Waals surface area contributed by atoms with E-state index in [1.54, 1.807) is 0 Å². The van der Waals surface area contributed by atoms with Crippen molar-refractivity contribution in [1.82, 2.24) is 4.90 Å². The van der Waals surface area contributed by atoms with Gasteiger partial charge >= 0.3 is 0 Å². The van der Waals surface area contributed by atoms with Crippen molar-refractivity contribution in [3.63, 3.8) is 0 Å². The van der Waals surface area contributed by atoms with Crippen LogP contribution in [0, 0.1) is 0 Å². The second-order valence-electron chi connectivity index (χ2n) is 6.11. The maximum atomic E-state index is 4.13. The van der Waals surface area contributed by atoms with Crippen LogP contribution in [0.4, 0.5) is 0 Å². The van der Waals surface area contributed by atoms with Crippen LogP contribution in [-0.2, 0) is 5.41 Å². The van der Waals surface area contributed by atoms with E-state index in [2.05, 4.69) is 63.1 Å². The molecule has 1 aromatic carbocycles. The van der Waals surface area contributed by atoms with Gasteiger partial charge in [0, 0.05) is 18.8 Å². The number of likely N-dealkylation sites (tertiary alicyclic amines) is 1. The van der Waals surface area contributed by atoms with Crippen LogP contribution in [0.5, 0.6) is 0 Å². The lowest BCUT2D eigenvalue weighted by atomic mass is 9.72. The maximum Gasteiger partial charge on any atom is 0.0183 e. The number of allylic oxidation sites excluding steroid dienone is 2. The summed E-state index contributed by atoms with van der Waals surface area (Å²) < 4.78 is 0. The fourth-order valence-electron chi connectivity index (χ4n) is 3.03. The first-order valence-corrected chi connectivity index (χ1v) is 7.10. The summed E-state index contributed by atoms with van der Waals surface area (Å²) >= 11 is 0. The lowest BCUT2D eigenvalue weighted by Gasteiger charge is -2.42. The normalized spacial score (nSPS) is 18.2. The zero-order chi connectivity index (χ0) is 14.0. The van der Waals surface area contributed by atoms with E-state index in [9.17, 15) is 0 Å². The first-order chi connectivity index (χ1) is 8.94. The van der Waals surface area contributed by atoms with E-state index in [-0.39, 0.29) is 5.41 Å². The van der Waals surface area contributed by atoms with Gasteiger partial charge in [-0.25, -0.2) is 0 Å². The van der Waals surface area contributed by atoms with Gasteiger partial charge in [-0.2, -0.15) is 0 Å². The Bertz CT molecular complexity index is 490. The van der Waals surface area contributed by atoms with E-state index in [0.717, 1.165) is 13.1 Å². The van der Waals surface area contributed by atoms with Gasteiger partial charge < -0.3 is 4.90 Å². The molecule has 1 heterocycles. The molecule has 19 heavy (non-hydrogen) atoms. The molecular formula is C18H25N. The van der Waals surface area contributed by atoms with E-state index in [1.807, 2.05) is 0 Å². The van der Waals surface area contributed by atoms with E-state index < -0.39 is 0 Å². The average molecular weight is 255 g/mol. The summed E-state index contributed by atoms with van der Waals surface area (Å²) in [6, 6.07) is 8.74. The Balaban J connectivity index is 2.27. The lowest BCUT2D eigenvalue weighted by Crippen LogP contribution is -2.40. The predicted molar refractivity (Wildman–Crippen MR) is 84.1 cm³/mol. The number of hydrogen-bond acceptors (Lipinski definition) is 1. The van der Waals surface area contributed by atoms with Gasteiger partial charge in [0.05, 0.1) is 0 Å². The molecule has 0 radical (unpaired) electrons. The fourth-order valence-corrected chi connectivity index (χ4v) is 3.03. The van der Waals surface area contributed by atoms with Crippen LogP contribution >= 0.6 is 0 Å². The minimum atomic E-state index is 0.265. The molecule has 102 valence electrons. The molecule has 0 atom stereocenters. The molecule has 2 rings (SSSR count). The summed E-state index contributed by atoms with van der Waals surface area (Å²) in [4.78, 5) is 2.39. The molecule has 0 N–H and O–H groups in total. The average Bonchev–Trinajstić information content (AvgIpc) is 2.39. The molecular weight excluding hydrogens is 230 g/mol. The number of rotatable bonds is 3. The third kappa shape index (κ3) is 2.75. The van der Waals surface area contributed by atoms with Crippen molar-refractivity contribution in [2.75, 3.05) is 13.1 Å². The van der Waals surface area contributed by atoms with Gasteiger partial charge in [-0.1, -0.05) is 49.9 Å². The molecule has 1 fully saturated rings. The molecule has 1 nitrogen and oxygen atoms in total. The summed E-state index contributed by atoms with van der Waals surface area (Å²) in [5.74, 6) is 0. The molecule has 0 unspecified atom stereocenters. The maximum absolute atomic E-state index is 4.13. The van der Waals surface area contributed by atoms with Crippen molar-refractivity contribution >= 4 is 5.57 Å². The number of hydrogen-bond donors (Lipinski definition) is 0. The van der Waals surface area contributed by atoms with Crippen LogP contribution in [0.25, 0.3) is 5.57 Å². The standard InChI is InChI=1S/C18H25N/c1-14(2)16-8-6-7-9-17(16)18(5)10-12-19(13-11-18)15(3)4/h6-9H,1,3,10-13H2,2,4-5H3. The molecule has 0 aliphatic carbocycles. The van der Waals surface area contributed by atoms with Crippen molar-refractivity contribution in [3.05, 3.63) is 54.2 Å². The lowest BCUT2D eigenvalue weighted by molar-refractivity contribution is 0.207. The molecule has 1 saturated heterocycles.